The van der Waals surface area contributed by atoms with Crippen molar-refractivity contribution in [3.8, 4) is 85.6 Å². The van der Waals surface area contributed by atoms with Crippen LogP contribution in [0.1, 0.15) is 129 Å². The molecule has 26 nitrogen and oxygen atoms in total. The quantitative estimate of drug-likeness (QED) is 0.0569. The number of amides is 3. The van der Waals surface area contributed by atoms with Crippen LogP contribution in [0.4, 0.5) is 4.39 Å². The molecule has 0 bridgehead atoms. The Kier molecular flexibility index (Phi) is 35.0. The van der Waals surface area contributed by atoms with Gasteiger partial charge in [0.05, 0.1) is 126 Å². The van der Waals surface area contributed by atoms with Gasteiger partial charge in [0.2, 0.25) is 0 Å². The standard InChI is InChI=1S/2C31H32N4O4.C19H29BClNO3.C17H15ClN2O3.CH3F.CN.ClH.Cu/c2*1-31(2,35-12-14-38-15-13-35)25-9-7-20(16-22(25)19-32)23-10-11-33-26-18-28(39-29(23)26)24-8-6-21(17-27(24)37-5)30(36)34(3)4;1-17(2,22-9-11-23-12-10-22)15-8-7-14(13-16(15)21)20-24-18(3,4)19(5,6)25-20;1-20(2)17(21)10-4-5-11(14(8-10)22-3)15-9-13-16(23-15)12(18)6-7-19-13;2*1-2;;/h2*6-11,16-18H,12-15H2,1-5H3;7-8,13H,9-12H2,1-6H3;4-9H,1-3H3;1H3;;1H;/q;;;;;-1;;+1/i;;;;1D;;;. The molecule has 4 aliphatic heterocycles. The third-order valence-electron chi connectivity index (χ3n) is 24.4. The van der Waals surface area contributed by atoms with E-state index in [0.29, 0.717) is 127 Å². The van der Waals surface area contributed by atoms with Gasteiger partial charge >= 0.3 is 24.2 Å². The Hall–Kier alpha value is -11.3. The molecule has 0 spiro atoms. The first-order valence-corrected chi connectivity index (χ1v) is 43.0. The molecule has 4 aliphatic rings. The summed E-state index contributed by atoms with van der Waals surface area (Å²) in [4.78, 5) is 61.9. The van der Waals surface area contributed by atoms with E-state index in [-0.39, 0.29) is 82.1 Å². The number of ether oxygens (including phenoxy) is 6. The zero-order chi connectivity index (χ0) is 95.2. The molecule has 10 heterocycles. The Morgan fingerprint density at radius 1 is 0.462 bits per heavy atom. The number of morpholine rings is 3. The largest absolute Gasteiger partial charge is 1.00 e. The molecule has 0 radical (unpaired) electrons. The van der Waals surface area contributed by atoms with Gasteiger partial charge in [-0.15, -0.1) is 12.4 Å². The summed E-state index contributed by atoms with van der Waals surface area (Å²) >= 11 is 12.8. The number of rotatable bonds is 18. The average Bonchev–Trinajstić information content (AvgIpc) is 1.55. The van der Waals surface area contributed by atoms with Gasteiger partial charge in [-0.05, 0) is 194 Å². The van der Waals surface area contributed by atoms with Crippen LogP contribution < -0.4 is 19.7 Å². The molecule has 4 saturated heterocycles. The number of nitrogens with zero attached hydrogens (tertiary/aromatic N) is 12. The van der Waals surface area contributed by atoms with Crippen molar-refractivity contribution >= 4 is 99.2 Å². The van der Waals surface area contributed by atoms with Gasteiger partial charge in [0.1, 0.15) is 51.1 Å². The summed E-state index contributed by atoms with van der Waals surface area (Å²) in [6, 6.07) is 49.8. The van der Waals surface area contributed by atoms with E-state index in [9.17, 15) is 29.3 Å². The van der Waals surface area contributed by atoms with Gasteiger partial charge in [-0.25, -0.2) is 0 Å². The number of methoxy groups -OCH3 is 3. The number of halogens is 4. The van der Waals surface area contributed by atoms with Crippen molar-refractivity contribution in [1.29, 1.82) is 15.8 Å². The maximum atomic E-state index is 12.4. The molecule has 0 atom stereocenters. The van der Waals surface area contributed by atoms with Crippen LogP contribution in [0, 0.1) is 34.5 Å². The summed E-state index contributed by atoms with van der Waals surface area (Å²) < 4.78 is 79.5. The first-order chi connectivity index (χ1) is 62.4. The van der Waals surface area contributed by atoms with Crippen molar-refractivity contribution in [2.24, 2.45) is 0 Å². The Labute approximate surface area is 800 Å². The van der Waals surface area contributed by atoms with Gasteiger partial charge in [0.25, 0.3) is 17.7 Å². The number of alkyl halides is 1. The average molecular weight is 1910 g/mol. The van der Waals surface area contributed by atoms with Gasteiger partial charge in [-0.2, -0.15) is 10.5 Å². The molecule has 0 unspecified atom stereocenters. The van der Waals surface area contributed by atoms with E-state index >= 15 is 0 Å². The minimum absolute atomic E-state index is 0. The Morgan fingerprint density at radius 2 is 0.773 bits per heavy atom. The fraction of sp³-hybridized carbons (Fsp3) is 0.370. The van der Waals surface area contributed by atoms with Crippen molar-refractivity contribution in [3.05, 3.63) is 225 Å². The summed E-state index contributed by atoms with van der Waals surface area (Å²) in [6.07, 6.45) is 5.11. The molecule has 6 aromatic heterocycles. The summed E-state index contributed by atoms with van der Waals surface area (Å²) in [5.41, 5.74) is 14.9. The number of nitriles is 2. The number of carbonyl (C=O) groups is 3. The van der Waals surface area contributed by atoms with Crippen molar-refractivity contribution in [2.75, 3.05) is 150 Å². The fourth-order valence-corrected chi connectivity index (χ4v) is 16.8. The Bertz CT molecular complexity index is 5960. The molecule has 6 aromatic carbocycles. The summed E-state index contributed by atoms with van der Waals surface area (Å²) in [5.74, 6) is 3.05. The number of fused-ring (bicyclic) bond motifs is 3. The summed E-state index contributed by atoms with van der Waals surface area (Å²) in [5, 5.41) is 27.7. The normalized spacial score (nSPS) is 15.0. The fourth-order valence-electron chi connectivity index (χ4n) is 16.2. The molecule has 0 aliphatic carbocycles. The molecule has 16 rings (SSSR count). The maximum Gasteiger partial charge on any atom is 1.00 e. The van der Waals surface area contributed by atoms with Crippen molar-refractivity contribution < 1.29 is 88.2 Å². The zero-order valence-electron chi connectivity index (χ0n) is 78.8. The number of pyridine rings is 3. The van der Waals surface area contributed by atoms with Crippen LogP contribution in [0.3, 0.4) is 0 Å². The third-order valence-corrected chi connectivity index (χ3v) is 25.0. The monoisotopic (exact) mass is 1900 g/mol. The first kappa shape index (κ1) is 103. The predicted octanol–water partition coefficient (Wildman–Crippen LogP) is 18.8. The molecule has 4 fully saturated rings. The molecule has 698 valence electrons. The second-order valence-corrected chi connectivity index (χ2v) is 35.2. The topological polar surface area (TPSA) is 294 Å². The molecule has 0 N–H and O–H groups in total. The first-order valence-electron chi connectivity index (χ1n) is 43.0. The predicted molar refractivity (Wildman–Crippen MR) is 510 cm³/mol. The van der Waals surface area contributed by atoms with Crippen molar-refractivity contribution in [1.82, 2.24) is 44.4 Å². The molecule has 132 heavy (non-hydrogen) atoms. The van der Waals surface area contributed by atoms with Crippen LogP contribution in [-0.2, 0) is 57.2 Å². The second kappa shape index (κ2) is 45.0. The van der Waals surface area contributed by atoms with Crippen molar-refractivity contribution in [2.45, 2.75) is 97.1 Å². The van der Waals surface area contributed by atoms with E-state index in [1.165, 1.54) is 14.7 Å². The van der Waals surface area contributed by atoms with E-state index in [2.05, 4.69) is 123 Å². The van der Waals surface area contributed by atoms with Gasteiger partial charge in [-0.3, -0.25) is 48.4 Å². The summed E-state index contributed by atoms with van der Waals surface area (Å²) in [7, 11) is 13.6. The molecule has 32 heteroatoms. The smallest absolute Gasteiger partial charge is 0.512 e. The molecule has 12 aromatic rings. The minimum Gasteiger partial charge on any atom is -0.512 e. The minimum atomic E-state index is -1.00. The van der Waals surface area contributed by atoms with Gasteiger partial charge in [-0.1, -0.05) is 59.6 Å². The Morgan fingerprint density at radius 3 is 1.08 bits per heavy atom. The number of aromatic nitrogens is 3. The van der Waals surface area contributed by atoms with Gasteiger partial charge in [0, 0.05) is 168 Å². The van der Waals surface area contributed by atoms with Crippen LogP contribution in [0.5, 0.6) is 17.2 Å². The third kappa shape index (κ3) is 22.6. The molecule has 0 saturated carbocycles. The maximum absolute atomic E-state index is 12.4. The second-order valence-electron chi connectivity index (χ2n) is 34.4. The number of hydrogen-bond donors (Lipinski definition) is 0. The van der Waals surface area contributed by atoms with Crippen LogP contribution in [0.2, 0.25) is 10.0 Å². The number of carbonyl (C=O) groups excluding carboxylic acids is 3. The number of furan rings is 3. The van der Waals surface area contributed by atoms with Crippen LogP contribution in [0.25, 0.3) is 89.5 Å². The van der Waals surface area contributed by atoms with Crippen LogP contribution in [0.15, 0.2) is 177 Å². The number of benzene rings is 6. The molecular weight excluding hydrogens is 1790 g/mol. The van der Waals surface area contributed by atoms with E-state index in [1.54, 1.807) is 137 Å². The van der Waals surface area contributed by atoms with Crippen LogP contribution >= 0.6 is 35.6 Å². The number of hydrogen-bond acceptors (Lipinski definition) is 23. The van der Waals surface area contributed by atoms with Gasteiger partial charge in [0.15, 0.2) is 16.7 Å². The van der Waals surface area contributed by atoms with Crippen molar-refractivity contribution in [3.63, 3.8) is 0 Å². The van der Waals surface area contributed by atoms with E-state index in [4.69, 9.17) is 87.4 Å². The summed E-state index contributed by atoms with van der Waals surface area (Å²) in [6.45, 7) is 35.5. The zero-order valence-corrected chi connectivity index (χ0v) is 81.1. The van der Waals surface area contributed by atoms with E-state index in [1.807, 2.05) is 78.9 Å². The Balaban J connectivity index is 0.000000200. The molecule has 3 amide bonds. The van der Waals surface area contributed by atoms with Crippen LogP contribution in [-0.4, -0.2) is 230 Å². The van der Waals surface area contributed by atoms with E-state index in [0.717, 1.165) is 119 Å². The van der Waals surface area contributed by atoms with E-state index < -0.39 is 7.15 Å². The SMILES string of the molecule is CC(C)(c1ccc(B2OC(C)(C)C(C)(C)O2)cc1Cl)N1CCOCC1.COc1cc(C(=O)N(C)C)ccc1-c1cc2nccc(-c3ccc(C(C)(C)N4CCOCC4)c(C#N)c3)c2o1.COc1cc(C(=O)N(C)C)ccc1-c1cc2nccc(-c3ccc(C(C)(C)N4CCOCC4)c(C#N)c3)c2o1.COc1cc(C(=O)N(C)C)ccc1-c1cc2nccc(Cl)c2o1.Cl.[2H]CF.[C-]#N.[Cu+]. The molecular formula is C100H112BCl3CuFN12O14. The van der Waals surface area contributed by atoms with Gasteiger partial charge < -0.3 is 77.5 Å².